The molecule has 0 saturated carbocycles. The molecule has 0 bridgehead atoms. The number of hydrogen-bond acceptors (Lipinski definition) is 5. The highest BCUT2D eigenvalue weighted by Crippen LogP contribution is 2.27. The summed E-state index contributed by atoms with van der Waals surface area (Å²) in [4.78, 5) is 9.17. The van der Waals surface area contributed by atoms with Crippen LogP contribution in [0, 0.1) is 0 Å². The summed E-state index contributed by atoms with van der Waals surface area (Å²) in [5.74, 6) is 2.24. The highest BCUT2D eigenvalue weighted by atomic mass is 16.5. The van der Waals surface area contributed by atoms with Crippen LogP contribution in [0.25, 0.3) is 22.3 Å². The second-order valence-corrected chi connectivity index (χ2v) is 4.65. The highest BCUT2D eigenvalue weighted by Gasteiger charge is 2.09. The van der Waals surface area contributed by atoms with Gasteiger partial charge < -0.3 is 15.8 Å². The summed E-state index contributed by atoms with van der Waals surface area (Å²) in [5.41, 5.74) is 8.28. The summed E-state index contributed by atoms with van der Waals surface area (Å²) in [5, 5.41) is 4.05. The molecule has 1 aromatic heterocycles. The zero-order valence-electron chi connectivity index (χ0n) is 11.9. The number of nitrogens with two attached hydrogens (primary N) is 1. The number of ether oxygens (including phenoxy) is 1. The van der Waals surface area contributed by atoms with Crippen LogP contribution in [0.2, 0.25) is 0 Å². The van der Waals surface area contributed by atoms with E-state index in [4.69, 9.17) is 10.5 Å². The van der Waals surface area contributed by atoms with Crippen molar-refractivity contribution in [3.8, 4) is 17.1 Å². The molecule has 1 heterocycles. The fourth-order valence-electron chi connectivity index (χ4n) is 2.21. The van der Waals surface area contributed by atoms with Gasteiger partial charge in [0.05, 0.1) is 12.6 Å². The van der Waals surface area contributed by atoms with Gasteiger partial charge in [0.15, 0.2) is 5.82 Å². The average molecular weight is 280 g/mol. The number of rotatable bonds is 3. The Hall–Kier alpha value is -2.82. The monoisotopic (exact) mass is 280 g/mol. The van der Waals surface area contributed by atoms with Crippen LogP contribution in [0.15, 0.2) is 42.5 Å². The largest absolute Gasteiger partial charge is 0.497 e. The van der Waals surface area contributed by atoms with E-state index in [1.807, 2.05) is 49.5 Å². The first-order valence-electron chi connectivity index (χ1n) is 6.60. The van der Waals surface area contributed by atoms with Crippen molar-refractivity contribution in [1.82, 2.24) is 9.97 Å². The van der Waals surface area contributed by atoms with E-state index in [-0.39, 0.29) is 0 Å². The number of nitrogen functional groups attached to an aromatic ring is 1. The summed E-state index contributed by atoms with van der Waals surface area (Å²) in [7, 11) is 3.49. The van der Waals surface area contributed by atoms with Crippen molar-refractivity contribution in [2.75, 3.05) is 25.2 Å². The molecule has 0 radical (unpaired) electrons. The molecule has 0 saturated heterocycles. The van der Waals surface area contributed by atoms with Crippen LogP contribution in [-0.4, -0.2) is 24.1 Å². The summed E-state index contributed by atoms with van der Waals surface area (Å²) >= 11 is 0. The number of nitrogens with one attached hydrogen (secondary N) is 1. The fraction of sp³-hybridized carbons (Fsp3) is 0.125. The van der Waals surface area contributed by atoms with Gasteiger partial charge in [0.25, 0.3) is 0 Å². The van der Waals surface area contributed by atoms with E-state index in [0.29, 0.717) is 11.5 Å². The predicted octanol–water partition coefficient (Wildman–Crippen LogP) is 2.93. The molecule has 3 N–H and O–H groups in total. The third-order valence-corrected chi connectivity index (χ3v) is 3.31. The lowest BCUT2D eigenvalue weighted by Gasteiger charge is -2.09. The lowest BCUT2D eigenvalue weighted by molar-refractivity contribution is 0.415. The molecule has 0 amide bonds. The molecule has 5 heteroatoms. The summed E-state index contributed by atoms with van der Waals surface area (Å²) in [6.45, 7) is 0. The molecule has 5 nitrogen and oxygen atoms in total. The Morgan fingerprint density at radius 3 is 2.48 bits per heavy atom. The van der Waals surface area contributed by atoms with Gasteiger partial charge >= 0.3 is 0 Å². The second-order valence-electron chi connectivity index (χ2n) is 4.65. The van der Waals surface area contributed by atoms with Gasteiger partial charge in [-0.1, -0.05) is 0 Å². The molecule has 0 fully saturated rings. The van der Waals surface area contributed by atoms with Crippen molar-refractivity contribution in [3.05, 3.63) is 42.5 Å². The summed E-state index contributed by atoms with van der Waals surface area (Å²) in [6, 6.07) is 13.3. The quantitative estimate of drug-likeness (QED) is 0.722. The van der Waals surface area contributed by atoms with E-state index in [0.717, 1.165) is 28.0 Å². The van der Waals surface area contributed by atoms with Gasteiger partial charge in [-0.05, 0) is 42.5 Å². The Kier molecular flexibility index (Phi) is 3.31. The molecule has 3 rings (SSSR count). The maximum absolute atomic E-state index is 5.84. The molecule has 0 unspecified atom stereocenters. The number of hydrogen-bond donors (Lipinski definition) is 2. The minimum absolute atomic E-state index is 0.653. The third-order valence-electron chi connectivity index (χ3n) is 3.31. The lowest BCUT2D eigenvalue weighted by atomic mass is 10.1. The number of benzene rings is 2. The Morgan fingerprint density at radius 2 is 1.81 bits per heavy atom. The molecule has 21 heavy (non-hydrogen) atoms. The van der Waals surface area contributed by atoms with Gasteiger partial charge in [0, 0.05) is 23.7 Å². The molecule has 2 aromatic carbocycles. The fourth-order valence-corrected chi connectivity index (χ4v) is 2.21. The van der Waals surface area contributed by atoms with Gasteiger partial charge in [-0.15, -0.1) is 0 Å². The van der Waals surface area contributed by atoms with E-state index < -0.39 is 0 Å². The van der Waals surface area contributed by atoms with Crippen LogP contribution in [0.1, 0.15) is 0 Å². The van der Waals surface area contributed by atoms with Gasteiger partial charge in [0.2, 0.25) is 0 Å². The topological polar surface area (TPSA) is 73.1 Å². The minimum atomic E-state index is 0.653. The first kappa shape index (κ1) is 13.2. The Balaban J connectivity index is 2.17. The van der Waals surface area contributed by atoms with E-state index in [1.54, 1.807) is 7.11 Å². The van der Waals surface area contributed by atoms with Crippen molar-refractivity contribution >= 4 is 22.4 Å². The van der Waals surface area contributed by atoms with Gasteiger partial charge in [-0.3, -0.25) is 0 Å². The molecule has 0 atom stereocenters. The Bertz CT molecular complexity index is 784. The lowest BCUT2D eigenvalue weighted by Crippen LogP contribution is -1.99. The van der Waals surface area contributed by atoms with Crippen LogP contribution in [-0.2, 0) is 0 Å². The van der Waals surface area contributed by atoms with Crippen LogP contribution >= 0.6 is 0 Å². The van der Waals surface area contributed by atoms with E-state index in [2.05, 4.69) is 15.3 Å². The Labute approximate surface area is 122 Å². The number of aromatic nitrogens is 2. The van der Waals surface area contributed by atoms with Crippen molar-refractivity contribution in [2.24, 2.45) is 0 Å². The van der Waals surface area contributed by atoms with Crippen LogP contribution < -0.4 is 15.8 Å². The van der Waals surface area contributed by atoms with E-state index in [9.17, 15) is 0 Å². The zero-order chi connectivity index (χ0) is 14.8. The molecule has 0 aliphatic rings. The molecule has 0 aliphatic heterocycles. The van der Waals surface area contributed by atoms with Crippen LogP contribution in [0.3, 0.4) is 0 Å². The molecule has 3 aromatic rings. The van der Waals surface area contributed by atoms with Crippen LogP contribution in [0.5, 0.6) is 5.75 Å². The molecule has 106 valence electrons. The van der Waals surface area contributed by atoms with E-state index >= 15 is 0 Å². The minimum Gasteiger partial charge on any atom is -0.497 e. The van der Waals surface area contributed by atoms with Gasteiger partial charge in [-0.25, -0.2) is 9.97 Å². The Morgan fingerprint density at radius 1 is 1.05 bits per heavy atom. The van der Waals surface area contributed by atoms with E-state index in [1.165, 1.54) is 0 Å². The average Bonchev–Trinajstić information content (AvgIpc) is 2.53. The number of fused-ring (bicyclic) bond motifs is 1. The zero-order valence-corrected chi connectivity index (χ0v) is 11.9. The maximum atomic E-state index is 5.84. The molecular weight excluding hydrogens is 264 g/mol. The highest BCUT2D eigenvalue weighted by molar-refractivity contribution is 5.92. The second kappa shape index (κ2) is 5.28. The molecular formula is C16H16N4O. The van der Waals surface area contributed by atoms with Crippen LogP contribution in [0.4, 0.5) is 11.5 Å². The SMILES string of the molecule is CNc1nc(-c2ccc(OC)cc2)nc2cc(N)ccc12. The van der Waals surface area contributed by atoms with Crippen molar-refractivity contribution in [1.29, 1.82) is 0 Å². The maximum Gasteiger partial charge on any atom is 0.162 e. The number of nitrogens with zero attached hydrogens (tertiary/aromatic N) is 2. The normalized spacial score (nSPS) is 10.6. The van der Waals surface area contributed by atoms with Crippen molar-refractivity contribution in [2.45, 2.75) is 0 Å². The van der Waals surface area contributed by atoms with Gasteiger partial charge in [0.1, 0.15) is 11.6 Å². The summed E-state index contributed by atoms with van der Waals surface area (Å²) in [6.07, 6.45) is 0. The molecule has 0 spiro atoms. The summed E-state index contributed by atoms with van der Waals surface area (Å²) < 4.78 is 5.17. The van der Waals surface area contributed by atoms with Gasteiger partial charge in [-0.2, -0.15) is 0 Å². The third kappa shape index (κ3) is 2.45. The van der Waals surface area contributed by atoms with Crippen molar-refractivity contribution < 1.29 is 4.74 Å². The first-order valence-corrected chi connectivity index (χ1v) is 6.60. The first-order chi connectivity index (χ1) is 10.2. The van der Waals surface area contributed by atoms with Crippen molar-refractivity contribution in [3.63, 3.8) is 0 Å². The number of methoxy groups -OCH3 is 1. The predicted molar refractivity (Wildman–Crippen MR) is 85.5 cm³/mol. The smallest absolute Gasteiger partial charge is 0.162 e. The molecule has 0 aliphatic carbocycles. The number of anilines is 2. The standard InChI is InChI=1S/C16H16N4O/c1-18-16-13-8-5-11(17)9-14(13)19-15(20-16)10-3-6-12(21-2)7-4-10/h3-9H,17H2,1-2H3,(H,18,19,20).